The highest BCUT2D eigenvalue weighted by molar-refractivity contribution is 7.98. The van der Waals surface area contributed by atoms with Gasteiger partial charge in [-0.15, -0.1) is 11.8 Å². The Balaban J connectivity index is 2.05. The molecule has 1 fully saturated rings. The second-order valence-corrected chi connectivity index (χ2v) is 6.49. The third-order valence-corrected chi connectivity index (χ3v) is 4.91. The van der Waals surface area contributed by atoms with Gasteiger partial charge in [0.05, 0.1) is 0 Å². The molecule has 1 aliphatic heterocycles. The van der Waals surface area contributed by atoms with Crippen molar-refractivity contribution in [3.63, 3.8) is 0 Å². The normalized spacial score (nSPS) is 17.3. The van der Waals surface area contributed by atoms with Gasteiger partial charge in [-0.1, -0.05) is 6.07 Å². The van der Waals surface area contributed by atoms with Crippen molar-refractivity contribution in [1.82, 2.24) is 4.90 Å². The molecule has 0 saturated carbocycles. The standard InChI is InChI=1S/C16H21FN2O2S/c1-10-3-4-12(22-2)9-13(10)16(21)19-7-5-11(6-8-19)14(17)15(18)20/h3-4,9,11,14H,5-8H2,1-2H3,(H2,18,20). The topological polar surface area (TPSA) is 63.4 Å². The lowest BCUT2D eigenvalue weighted by Crippen LogP contribution is -2.43. The summed E-state index contributed by atoms with van der Waals surface area (Å²) >= 11 is 1.59. The van der Waals surface area contributed by atoms with Crippen LogP contribution in [-0.2, 0) is 4.79 Å². The van der Waals surface area contributed by atoms with Gasteiger partial charge in [0.2, 0.25) is 0 Å². The van der Waals surface area contributed by atoms with Crippen LogP contribution in [0.3, 0.4) is 0 Å². The van der Waals surface area contributed by atoms with E-state index in [0.29, 0.717) is 31.5 Å². The molecule has 1 heterocycles. The smallest absolute Gasteiger partial charge is 0.254 e. The SMILES string of the molecule is CSc1ccc(C)c(C(=O)N2CCC(C(F)C(N)=O)CC2)c1. The number of piperidine rings is 1. The van der Waals surface area contributed by atoms with Crippen LogP contribution in [0.4, 0.5) is 4.39 Å². The Morgan fingerprint density at radius 3 is 2.55 bits per heavy atom. The third kappa shape index (κ3) is 3.61. The maximum atomic E-state index is 13.6. The van der Waals surface area contributed by atoms with Crippen LogP contribution in [0.5, 0.6) is 0 Å². The van der Waals surface area contributed by atoms with Crippen LogP contribution in [0, 0.1) is 12.8 Å². The summed E-state index contributed by atoms with van der Waals surface area (Å²) in [5, 5.41) is 0. The van der Waals surface area contributed by atoms with Crippen LogP contribution < -0.4 is 5.73 Å². The van der Waals surface area contributed by atoms with E-state index >= 15 is 0 Å². The summed E-state index contributed by atoms with van der Waals surface area (Å²) in [4.78, 5) is 26.3. The van der Waals surface area contributed by atoms with Crippen molar-refractivity contribution in [1.29, 1.82) is 0 Å². The number of likely N-dealkylation sites (tertiary alicyclic amines) is 1. The van der Waals surface area contributed by atoms with Crippen molar-refractivity contribution in [3.05, 3.63) is 29.3 Å². The van der Waals surface area contributed by atoms with Gasteiger partial charge in [0.15, 0.2) is 6.17 Å². The lowest BCUT2D eigenvalue weighted by atomic mass is 9.91. The fourth-order valence-electron chi connectivity index (χ4n) is 2.76. The molecule has 2 rings (SSSR count). The quantitative estimate of drug-likeness (QED) is 0.865. The average Bonchev–Trinajstić information content (AvgIpc) is 2.54. The molecule has 0 radical (unpaired) electrons. The second-order valence-electron chi connectivity index (χ2n) is 5.61. The predicted molar refractivity (Wildman–Crippen MR) is 85.7 cm³/mol. The third-order valence-electron chi connectivity index (χ3n) is 4.19. The first-order chi connectivity index (χ1) is 10.4. The molecule has 1 atom stereocenters. The first kappa shape index (κ1) is 16.8. The van der Waals surface area contributed by atoms with Gasteiger partial charge in [0.1, 0.15) is 0 Å². The van der Waals surface area contributed by atoms with E-state index in [1.165, 1.54) is 0 Å². The summed E-state index contributed by atoms with van der Waals surface area (Å²) in [6.07, 6.45) is 1.29. The highest BCUT2D eigenvalue weighted by Gasteiger charge is 2.32. The Bertz CT molecular complexity index is 571. The fourth-order valence-corrected chi connectivity index (χ4v) is 3.20. The van der Waals surface area contributed by atoms with Crippen LogP contribution in [0.2, 0.25) is 0 Å². The minimum absolute atomic E-state index is 0.0265. The zero-order valence-corrected chi connectivity index (χ0v) is 13.7. The predicted octanol–water partition coefficient (Wildman–Crippen LogP) is 2.39. The first-order valence-electron chi connectivity index (χ1n) is 7.31. The summed E-state index contributed by atoms with van der Waals surface area (Å²) in [5.41, 5.74) is 6.63. The molecule has 1 aromatic rings. The highest BCUT2D eigenvalue weighted by Crippen LogP contribution is 2.26. The van der Waals surface area contributed by atoms with Gasteiger partial charge in [-0.25, -0.2) is 4.39 Å². The minimum atomic E-state index is -1.61. The minimum Gasteiger partial charge on any atom is -0.367 e. The van der Waals surface area contributed by atoms with Crippen LogP contribution in [0.1, 0.15) is 28.8 Å². The largest absolute Gasteiger partial charge is 0.367 e. The molecule has 0 spiro atoms. The number of hydrogen-bond acceptors (Lipinski definition) is 3. The van der Waals surface area contributed by atoms with Gasteiger partial charge in [-0.05, 0) is 43.7 Å². The molecule has 1 saturated heterocycles. The number of amides is 2. The van der Waals surface area contributed by atoms with Gasteiger partial charge in [0, 0.05) is 29.5 Å². The van der Waals surface area contributed by atoms with Gasteiger partial charge in [-0.3, -0.25) is 9.59 Å². The van der Waals surface area contributed by atoms with E-state index in [4.69, 9.17) is 5.73 Å². The van der Waals surface area contributed by atoms with Crippen molar-refractivity contribution in [3.8, 4) is 0 Å². The summed E-state index contributed by atoms with van der Waals surface area (Å²) in [7, 11) is 0. The zero-order valence-electron chi connectivity index (χ0n) is 12.8. The Kier molecular flexibility index (Phi) is 5.45. The van der Waals surface area contributed by atoms with Crippen LogP contribution in [0.25, 0.3) is 0 Å². The number of thioether (sulfide) groups is 1. The number of rotatable bonds is 4. The van der Waals surface area contributed by atoms with E-state index in [-0.39, 0.29) is 11.8 Å². The monoisotopic (exact) mass is 324 g/mol. The Labute approximate surface area is 134 Å². The molecule has 1 aliphatic rings. The Morgan fingerprint density at radius 1 is 1.36 bits per heavy atom. The number of carbonyl (C=O) groups excluding carboxylic acids is 2. The molecule has 2 N–H and O–H groups in total. The molecule has 6 heteroatoms. The van der Waals surface area contributed by atoms with Gasteiger partial charge < -0.3 is 10.6 Å². The molecular weight excluding hydrogens is 303 g/mol. The van der Waals surface area contributed by atoms with Crippen molar-refractivity contribution in [2.75, 3.05) is 19.3 Å². The van der Waals surface area contributed by atoms with Crippen molar-refractivity contribution in [2.45, 2.75) is 30.8 Å². The summed E-state index contributed by atoms with van der Waals surface area (Å²) in [5.74, 6) is -1.31. The molecule has 1 unspecified atom stereocenters. The number of primary amides is 1. The van der Waals surface area contributed by atoms with Gasteiger partial charge >= 0.3 is 0 Å². The van der Waals surface area contributed by atoms with Crippen LogP contribution in [-0.4, -0.2) is 42.2 Å². The van der Waals surface area contributed by atoms with Crippen LogP contribution >= 0.6 is 11.8 Å². The molecule has 120 valence electrons. The highest BCUT2D eigenvalue weighted by atomic mass is 32.2. The van der Waals surface area contributed by atoms with E-state index in [9.17, 15) is 14.0 Å². The van der Waals surface area contributed by atoms with Crippen molar-refractivity contribution in [2.24, 2.45) is 11.7 Å². The summed E-state index contributed by atoms with van der Waals surface area (Å²) < 4.78 is 13.6. The van der Waals surface area contributed by atoms with Crippen molar-refractivity contribution >= 4 is 23.6 Å². The lowest BCUT2D eigenvalue weighted by Gasteiger charge is -2.33. The summed E-state index contributed by atoms with van der Waals surface area (Å²) in [6.45, 7) is 2.83. The molecule has 0 aromatic heterocycles. The van der Waals surface area contributed by atoms with Crippen LogP contribution in [0.15, 0.2) is 23.1 Å². The number of benzene rings is 1. The zero-order chi connectivity index (χ0) is 16.3. The van der Waals surface area contributed by atoms with E-state index in [2.05, 4.69) is 0 Å². The number of carbonyl (C=O) groups is 2. The molecule has 2 amide bonds. The van der Waals surface area contributed by atoms with E-state index in [1.54, 1.807) is 16.7 Å². The second kappa shape index (κ2) is 7.13. The first-order valence-corrected chi connectivity index (χ1v) is 8.53. The maximum Gasteiger partial charge on any atom is 0.254 e. The number of halogens is 1. The summed E-state index contributed by atoms with van der Waals surface area (Å²) in [6, 6.07) is 5.83. The molecular formula is C16H21FN2O2S. The molecule has 1 aromatic carbocycles. The maximum absolute atomic E-state index is 13.6. The molecule has 0 bridgehead atoms. The molecule has 0 aliphatic carbocycles. The molecule has 22 heavy (non-hydrogen) atoms. The number of nitrogens with two attached hydrogens (primary N) is 1. The fraction of sp³-hybridized carbons (Fsp3) is 0.500. The number of aryl methyl sites for hydroxylation is 1. The van der Waals surface area contributed by atoms with Crippen molar-refractivity contribution < 1.29 is 14.0 Å². The average molecular weight is 324 g/mol. The van der Waals surface area contributed by atoms with E-state index < -0.39 is 12.1 Å². The Hall–Kier alpha value is -1.56. The lowest BCUT2D eigenvalue weighted by molar-refractivity contribution is -0.125. The van der Waals surface area contributed by atoms with E-state index in [0.717, 1.165) is 10.5 Å². The Morgan fingerprint density at radius 2 is 2.00 bits per heavy atom. The number of hydrogen-bond donors (Lipinski definition) is 1. The van der Waals surface area contributed by atoms with Gasteiger partial charge in [-0.2, -0.15) is 0 Å². The number of alkyl halides is 1. The van der Waals surface area contributed by atoms with Gasteiger partial charge in [0.25, 0.3) is 11.8 Å². The molecule has 4 nitrogen and oxygen atoms in total. The van der Waals surface area contributed by atoms with E-state index in [1.807, 2.05) is 31.4 Å². The number of nitrogens with zero attached hydrogens (tertiary/aromatic N) is 1.